The van der Waals surface area contributed by atoms with Gasteiger partial charge in [-0.05, 0) is 43.5 Å². The second-order valence-corrected chi connectivity index (χ2v) is 5.50. The highest BCUT2D eigenvalue weighted by atomic mass is 14.9. The van der Waals surface area contributed by atoms with E-state index >= 15 is 0 Å². The molecule has 21 heavy (non-hydrogen) atoms. The van der Waals surface area contributed by atoms with E-state index < -0.39 is 0 Å². The Bertz CT molecular complexity index is 623. The van der Waals surface area contributed by atoms with E-state index in [0.717, 1.165) is 12.0 Å². The number of nitriles is 1. The number of hydrogen-bond acceptors (Lipinski definition) is 2. The SMILES string of the molecule is CCC(NC(C)c1cccc(C#N)c1)c1ccc(C)cc1. The Morgan fingerprint density at radius 2 is 1.81 bits per heavy atom. The van der Waals surface area contributed by atoms with Crippen molar-refractivity contribution in [1.82, 2.24) is 5.32 Å². The molecule has 0 aliphatic heterocycles. The maximum absolute atomic E-state index is 9.01. The molecule has 2 aromatic carbocycles. The first-order valence-corrected chi connectivity index (χ1v) is 7.46. The first-order chi connectivity index (χ1) is 10.1. The predicted octanol–water partition coefficient (Wildman–Crippen LogP) is 4.67. The first kappa shape index (κ1) is 15.3. The fourth-order valence-corrected chi connectivity index (χ4v) is 2.52. The maximum Gasteiger partial charge on any atom is 0.0991 e. The van der Waals surface area contributed by atoms with Gasteiger partial charge in [0.1, 0.15) is 0 Å². The minimum Gasteiger partial charge on any atom is -0.303 e. The smallest absolute Gasteiger partial charge is 0.0991 e. The molecule has 0 aliphatic rings. The molecule has 2 aromatic rings. The molecule has 2 rings (SSSR count). The normalized spacial score (nSPS) is 13.4. The number of hydrogen-bond donors (Lipinski definition) is 1. The van der Waals surface area contributed by atoms with Crippen LogP contribution in [0.1, 0.15) is 54.6 Å². The zero-order valence-electron chi connectivity index (χ0n) is 12.9. The van der Waals surface area contributed by atoms with Crippen molar-refractivity contribution >= 4 is 0 Å². The minimum atomic E-state index is 0.213. The van der Waals surface area contributed by atoms with Crippen molar-refractivity contribution in [3.63, 3.8) is 0 Å². The summed E-state index contributed by atoms with van der Waals surface area (Å²) in [6.07, 6.45) is 1.03. The summed E-state index contributed by atoms with van der Waals surface area (Å²) in [7, 11) is 0. The van der Waals surface area contributed by atoms with E-state index in [9.17, 15) is 0 Å². The van der Waals surface area contributed by atoms with Gasteiger partial charge in [-0.2, -0.15) is 5.26 Å². The Morgan fingerprint density at radius 1 is 1.10 bits per heavy atom. The van der Waals surface area contributed by atoms with Crippen molar-refractivity contribution in [2.45, 2.75) is 39.3 Å². The van der Waals surface area contributed by atoms with Crippen LogP contribution in [0, 0.1) is 18.3 Å². The zero-order chi connectivity index (χ0) is 15.2. The van der Waals surface area contributed by atoms with Crippen molar-refractivity contribution in [1.29, 1.82) is 5.26 Å². The lowest BCUT2D eigenvalue weighted by molar-refractivity contribution is 0.456. The molecule has 0 amide bonds. The molecule has 108 valence electrons. The van der Waals surface area contributed by atoms with Crippen LogP contribution < -0.4 is 5.32 Å². The van der Waals surface area contributed by atoms with E-state index in [1.54, 1.807) is 0 Å². The van der Waals surface area contributed by atoms with Gasteiger partial charge in [0.15, 0.2) is 0 Å². The molecule has 0 aliphatic carbocycles. The van der Waals surface area contributed by atoms with Gasteiger partial charge in [0.25, 0.3) is 0 Å². The third-order valence-electron chi connectivity index (χ3n) is 3.85. The van der Waals surface area contributed by atoms with Crippen LogP contribution in [-0.2, 0) is 0 Å². The van der Waals surface area contributed by atoms with E-state index in [4.69, 9.17) is 5.26 Å². The Morgan fingerprint density at radius 3 is 2.43 bits per heavy atom. The molecule has 0 saturated heterocycles. The van der Waals surface area contributed by atoms with E-state index in [0.29, 0.717) is 11.6 Å². The van der Waals surface area contributed by atoms with Crippen LogP contribution >= 0.6 is 0 Å². The fraction of sp³-hybridized carbons (Fsp3) is 0.316. The van der Waals surface area contributed by atoms with E-state index in [2.05, 4.69) is 62.5 Å². The average Bonchev–Trinajstić information content (AvgIpc) is 2.53. The van der Waals surface area contributed by atoms with Crippen molar-refractivity contribution in [2.75, 3.05) is 0 Å². The summed E-state index contributed by atoms with van der Waals surface area (Å²) >= 11 is 0. The lowest BCUT2D eigenvalue weighted by atomic mass is 9.99. The molecule has 0 radical (unpaired) electrons. The highest BCUT2D eigenvalue weighted by molar-refractivity contribution is 5.34. The van der Waals surface area contributed by atoms with Gasteiger partial charge in [-0.3, -0.25) is 0 Å². The summed E-state index contributed by atoms with van der Waals surface area (Å²) in [6, 6.07) is 19.2. The molecule has 2 unspecified atom stereocenters. The van der Waals surface area contributed by atoms with E-state index in [1.807, 2.05) is 18.2 Å². The molecule has 0 spiro atoms. The fourth-order valence-electron chi connectivity index (χ4n) is 2.52. The van der Waals surface area contributed by atoms with Crippen LogP contribution in [0.4, 0.5) is 0 Å². The van der Waals surface area contributed by atoms with E-state index in [1.165, 1.54) is 11.1 Å². The summed E-state index contributed by atoms with van der Waals surface area (Å²) in [6.45, 7) is 6.44. The van der Waals surface area contributed by atoms with Crippen LogP contribution in [0.25, 0.3) is 0 Å². The Labute approximate surface area is 127 Å². The van der Waals surface area contributed by atoms with Gasteiger partial charge in [0.2, 0.25) is 0 Å². The summed E-state index contributed by atoms with van der Waals surface area (Å²) in [5.41, 5.74) is 4.46. The highest BCUT2D eigenvalue weighted by Gasteiger charge is 2.14. The van der Waals surface area contributed by atoms with Crippen molar-refractivity contribution in [3.8, 4) is 6.07 Å². The standard InChI is InChI=1S/C19H22N2/c1-4-19(17-10-8-14(2)9-11-17)21-15(3)18-7-5-6-16(12-18)13-20/h5-12,15,19,21H,4H2,1-3H3. The Hall–Kier alpha value is -2.11. The molecule has 2 nitrogen and oxygen atoms in total. The molecular weight excluding hydrogens is 256 g/mol. The van der Waals surface area contributed by atoms with Crippen molar-refractivity contribution < 1.29 is 0 Å². The van der Waals surface area contributed by atoms with Crippen LogP contribution in [0.2, 0.25) is 0 Å². The second-order valence-electron chi connectivity index (χ2n) is 5.50. The lowest BCUT2D eigenvalue weighted by Crippen LogP contribution is -2.24. The molecule has 0 saturated carbocycles. The van der Waals surface area contributed by atoms with Gasteiger partial charge >= 0.3 is 0 Å². The molecule has 0 aromatic heterocycles. The van der Waals surface area contributed by atoms with Gasteiger partial charge in [-0.15, -0.1) is 0 Å². The summed E-state index contributed by atoms with van der Waals surface area (Å²) < 4.78 is 0. The van der Waals surface area contributed by atoms with Crippen LogP contribution in [0.3, 0.4) is 0 Å². The molecule has 2 atom stereocenters. The van der Waals surface area contributed by atoms with Gasteiger partial charge in [-0.1, -0.05) is 48.9 Å². The molecule has 2 heteroatoms. The Kier molecular flexibility index (Phi) is 5.14. The monoisotopic (exact) mass is 278 g/mol. The number of rotatable bonds is 5. The van der Waals surface area contributed by atoms with Crippen molar-refractivity contribution in [3.05, 3.63) is 70.8 Å². The summed E-state index contributed by atoms with van der Waals surface area (Å²) in [5, 5.41) is 12.7. The summed E-state index contributed by atoms with van der Waals surface area (Å²) in [4.78, 5) is 0. The maximum atomic E-state index is 9.01. The topological polar surface area (TPSA) is 35.8 Å². The third-order valence-corrected chi connectivity index (χ3v) is 3.85. The molecule has 0 bridgehead atoms. The molecule has 0 heterocycles. The Balaban J connectivity index is 2.14. The number of nitrogens with zero attached hydrogens (tertiary/aromatic N) is 1. The number of aryl methyl sites for hydroxylation is 1. The van der Waals surface area contributed by atoms with E-state index in [-0.39, 0.29) is 6.04 Å². The number of nitrogens with one attached hydrogen (secondary N) is 1. The van der Waals surface area contributed by atoms with Gasteiger partial charge in [-0.25, -0.2) is 0 Å². The molecule has 1 N–H and O–H groups in total. The predicted molar refractivity (Wildman–Crippen MR) is 86.9 cm³/mol. The second kappa shape index (κ2) is 7.06. The van der Waals surface area contributed by atoms with Crippen LogP contribution in [0.15, 0.2) is 48.5 Å². The minimum absolute atomic E-state index is 0.213. The largest absolute Gasteiger partial charge is 0.303 e. The van der Waals surface area contributed by atoms with Gasteiger partial charge < -0.3 is 5.32 Å². The van der Waals surface area contributed by atoms with Gasteiger partial charge in [0, 0.05) is 12.1 Å². The van der Waals surface area contributed by atoms with Gasteiger partial charge in [0.05, 0.1) is 11.6 Å². The van der Waals surface area contributed by atoms with Crippen molar-refractivity contribution in [2.24, 2.45) is 0 Å². The third kappa shape index (κ3) is 3.93. The zero-order valence-corrected chi connectivity index (χ0v) is 12.9. The molecular formula is C19H22N2. The first-order valence-electron chi connectivity index (χ1n) is 7.46. The van der Waals surface area contributed by atoms with Crippen LogP contribution in [0.5, 0.6) is 0 Å². The quantitative estimate of drug-likeness (QED) is 0.862. The highest BCUT2D eigenvalue weighted by Crippen LogP contribution is 2.23. The number of benzene rings is 2. The molecule has 0 fully saturated rings. The summed E-state index contributed by atoms with van der Waals surface area (Å²) in [5.74, 6) is 0. The van der Waals surface area contributed by atoms with Crippen LogP contribution in [-0.4, -0.2) is 0 Å². The average molecular weight is 278 g/mol. The lowest BCUT2D eigenvalue weighted by Gasteiger charge is -2.23.